The third-order valence-electron chi connectivity index (χ3n) is 4.67. The average Bonchev–Trinajstić information content (AvgIpc) is 2.49. The van der Waals surface area contributed by atoms with Crippen molar-refractivity contribution in [3.63, 3.8) is 0 Å². The summed E-state index contributed by atoms with van der Waals surface area (Å²) in [6.45, 7) is 8.49. The molecule has 122 valence electrons. The molecule has 0 N–H and O–H groups in total. The van der Waals surface area contributed by atoms with E-state index in [1.54, 1.807) is 17.9 Å². The van der Waals surface area contributed by atoms with Gasteiger partial charge in [-0.2, -0.15) is 0 Å². The molecule has 0 atom stereocenters. The van der Waals surface area contributed by atoms with Gasteiger partial charge in [-0.1, -0.05) is 18.2 Å². The molecule has 2 aliphatic heterocycles. The van der Waals surface area contributed by atoms with Crippen LogP contribution < -0.4 is 4.74 Å². The van der Waals surface area contributed by atoms with Crippen molar-refractivity contribution < 1.29 is 14.3 Å². The number of Topliss-reactive ketones (excluding diaryl/α,β-unsaturated/α-hetero) is 1. The van der Waals surface area contributed by atoms with Gasteiger partial charge in [0.1, 0.15) is 11.4 Å². The van der Waals surface area contributed by atoms with Gasteiger partial charge >= 0.3 is 0 Å². The number of nitrogens with zero attached hydrogens (tertiary/aromatic N) is 1. The highest BCUT2D eigenvalue weighted by atomic mass is 35.5. The zero-order valence-electron chi connectivity index (χ0n) is 13.4. The zero-order valence-corrected chi connectivity index (χ0v) is 14.2. The molecule has 1 fully saturated rings. The second-order valence-electron chi connectivity index (χ2n) is 6.56. The van der Waals surface area contributed by atoms with Crippen molar-refractivity contribution in [3.8, 4) is 5.75 Å². The minimum absolute atomic E-state index is 0.0228. The van der Waals surface area contributed by atoms with E-state index in [9.17, 15) is 9.59 Å². The number of carbonyl (C=O) groups is 2. The zero-order chi connectivity index (χ0) is 16.8. The first kappa shape index (κ1) is 16.1. The fourth-order valence-corrected chi connectivity index (χ4v) is 3.65. The van der Waals surface area contributed by atoms with E-state index in [1.165, 1.54) is 0 Å². The standard InChI is InChI=1S/C18H20ClNO3/c1-11(2)17(22)20-6-4-18(5-7-20)10-15(21)14-9-13(19)8-12(3)16(14)23-18/h8-9H,1,4-7,10H2,2-3H3. The Morgan fingerprint density at radius 3 is 2.61 bits per heavy atom. The number of rotatable bonds is 1. The summed E-state index contributed by atoms with van der Waals surface area (Å²) >= 11 is 6.05. The lowest BCUT2D eigenvalue weighted by Crippen LogP contribution is -2.52. The number of ether oxygens (including phenoxy) is 1. The molecule has 2 aliphatic rings. The average molecular weight is 334 g/mol. The molecule has 1 aromatic rings. The maximum absolute atomic E-state index is 12.6. The highest BCUT2D eigenvalue weighted by Crippen LogP contribution is 2.42. The molecule has 0 saturated carbocycles. The Hall–Kier alpha value is -1.81. The van der Waals surface area contributed by atoms with E-state index in [2.05, 4.69) is 6.58 Å². The number of benzene rings is 1. The fraction of sp³-hybridized carbons (Fsp3) is 0.444. The number of piperidine rings is 1. The Balaban J connectivity index is 1.83. The summed E-state index contributed by atoms with van der Waals surface area (Å²) in [5.74, 6) is 0.687. The maximum Gasteiger partial charge on any atom is 0.248 e. The summed E-state index contributed by atoms with van der Waals surface area (Å²) in [7, 11) is 0. The van der Waals surface area contributed by atoms with Crippen LogP contribution in [0.15, 0.2) is 24.3 Å². The molecule has 0 aromatic heterocycles. The van der Waals surface area contributed by atoms with Crippen molar-refractivity contribution in [2.75, 3.05) is 13.1 Å². The molecule has 1 amide bonds. The van der Waals surface area contributed by atoms with Crippen molar-refractivity contribution in [1.29, 1.82) is 0 Å². The van der Waals surface area contributed by atoms with E-state index < -0.39 is 5.60 Å². The van der Waals surface area contributed by atoms with E-state index in [1.807, 2.05) is 13.0 Å². The van der Waals surface area contributed by atoms with Gasteiger partial charge in [-0.15, -0.1) is 0 Å². The predicted octanol–water partition coefficient (Wildman–Crippen LogP) is 3.55. The van der Waals surface area contributed by atoms with Crippen LogP contribution >= 0.6 is 11.6 Å². The molecule has 0 radical (unpaired) electrons. The molecule has 2 heterocycles. The van der Waals surface area contributed by atoms with Gasteiger partial charge in [0.25, 0.3) is 0 Å². The van der Waals surface area contributed by atoms with Crippen LogP contribution in [-0.4, -0.2) is 35.3 Å². The molecule has 0 unspecified atom stereocenters. The lowest BCUT2D eigenvalue weighted by Gasteiger charge is -2.44. The number of aryl methyl sites for hydroxylation is 1. The number of halogens is 1. The maximum atomic E-state index is 12.6. The molecule has 0 bridgehead atoms. The number of ketones is 1. The van der Waals surface area contributed by atoms with Crippen molar-refractivity contribution in [1.82, 2.24) is 4.90 Å². The molecule has 4 nitrogen and oxygen atoms in total. The first-order chi connectivity index (χ1) is 10.8. The number of amides is 1. The number of fused-ring (bicyclic) bond motifs is 1. The normalized spacial score (nSPS) is 19.3. The van der Waals surface area contributed by atoms with Gasteiger partial charge in [-0.3, -0.25) is 9.59 Å². The van der Waals surface area contributed by atoms with Crippen molar-refractivity contribution >= 4 is 23.3 Å². The minimum atomic E-state index is -0.505. The molecule has 1 saturated heterocycles. The van der Waals surface area contributed by atoms with Crippen LogP contribution in [0, 0.1) is 6.92 Å². The SMILES string of the molecule is C=C(C)C(=O)N1CCC2(CC1)CC(=O)c1cc(Cl)cc(C)c1O2. The van der Waals surface area contributed by atoms with Crippen molar-refractivity contribution in [3.05, 3.63) is 40.4 Å². The molecular formula is C18H20ClNO3. The van der Waals surface area contributed by atoms with E-state index >= 15 is 0 Å². The van der Waals surface area contributed by atoms with Crippen LogP contribution in [-0.2, 0) is 4.79 Å². The molecule has 3 rings (SSSR count). The van der Waals surface area contributed by atoms with Crippen molar-refractivity contribution in [2.24, 2.45) is 0 Å². The quantitative estimate of drug-likeness (QED) is 0.738. The lowest BCUT2D eigenvalue weighted by atomic mass is 9.82. The summed E-state index contributed by atoms with van der Waals surface area (Å²) < 4.78 is 6.27. The van der Waals surface area contributed by atoms with E-state index in [0.29, 0.717) is 54.3 Å². The van der Waals surface area contributed by atoms with Gasteiger partial charge in [0, 0.05) is 36.5 Å². The van der Waals surface area contributed by atoms with Crippen LogP contribution in [0.25, 0.3) is 0 Å². The second kappa shape index (κ2) is 5.68. The number of hydrogen-bond acceptors (Lipinski definition) is 3. The summed E-state index contributed by atoms with van der Waals surface area (Å²) in [4.78, 5) is 26.4. The lowest BCUT2D eigenvalue weighted by molar-refractivity contribution is -0.130. The number of carbonyl (C=O) groups excluding carboxylic acids is 2. The molecule has 23 heavy (non-hydrogen) atoms. The first-order valence-electron chi connectivity index (χ1n) is 7.78. The second-order valence-corrected chi connectivity index (χ2v) is 6.99. The Labute approximate surface area is 141 Å². The van der Waals surface area contributed by atoms with Gasteiger partial charge < -0.3 is 9.64 Å². The van der Waals surface area contributed by atoms with Crippen LogP contribution in [0.3, 0.4) is 0 Å². The molecule has 1 spiro atoms. The number of likely N-dealkylation sites (tertiary alicyclic amines) is 1. The van der Waals surface area contributed by atoms with Gasteiger partial charge in [0.05, 0.1) is 12.0 Å². The molecular weight excluding hydrogens is 314 g/mol. The van der Waals surface area contributed by atoms with Crippen molar-refractivity contribution in [2.45, 2.75) is 38.7 Å². The Morgan fingerprint density at radius 1 is 1.35 bits per heavy atom. The molecule has 5 heteroatoms. The van der Waals surface area contributed by atoms with Gasteiger partial charge in [0.15, 0.2) is 5.78 Å². The summed E-state index contributed by atoms with van der Waals surface area (Å²) in [6.07, 6.45) is 1.65. The molecule has 1 aromatic carbocycles. The summed E-state index contributed by atoms with van der Waals surface area (Å²) in [5, 5.41) is 0.552. The predicted molar refractivity (Wildman–Crippen MR) is 89.1 cm³/mol. The smallest absolute Gasteiger partial charge is 0.248 e. The fourth-order valence-electron chi connectivity index (χ4n) is 3.38. The monoisotopic (exact) mass is 333 g/mol. The van der Waals surface area contributed by atoms with E-state index in [4.69, 9.17) is 16.3 Å². The third kappa shape index (κ3) is 2.88. The topological polar surface area (TPSA) is 46.6 Å². The summed E-state index contributed by atoms with van der Waals surface area (Å²) in [6, 6.07) is 3.49. The highest BCUT2D eigenvalue weighted by molar-refractivity contribution is 6.31. The summed E-state index contributed by atoms with van der Waals surface area (Å²) in [5.41, 5.74) is 1.48. The Kier molecular flexibility index (Phi) is 3.96. The van der Waals surface area contributed by atoms with Crippen LogP contribution in [0.4, 0.5) is 0 Å². The van der Waals surface area contributed by atoms with Gasteiger partial charge in [-0.25, -0.2) is 0 Å². The van der Waals surface area contributed by atoms with Gasteiger partial charge in [0.2, 0.25) is 5.91 Å². The third-order valence-corrected chi connectivity index (χ3v) is 4.89. The van der Waals surface area contributed by atoms with E-state index in [-0.39, 0.29) is 11.7 Å². The van der Waals surface area contributed by atoms with Crippen LogP contribution in [0.1, 0.15) is 42.1 Å². The Bertz CT molecular complexity index is 702. The molecule has 0 aliphatic carbocycles. The first-order valence-corrected chi connectivity index (χ1v) is 8.16. The number of hydrogen-bond donors (Lipinski definition) is 0. The minimum Gasteiger partial charge on any atom is -0.486 e. The highest BCUT2D eigenvalue weighted by Gasteiger charge is 2.44. The van der Waals surface area contributed by atoms with E-state index in [0.717, 1.165) is 5.56 Å². The van der Waals surface area contributed by atoms with Gasteiger partial charge in [-0.05, 0) is 31.5 Å². The van der Waals surface area contributed by atoms with Crippen LogP contribution in [0.2, 0.25) is 5.02 Å². The van der Waals surface area contributed by atoms with Crippen LogP contribution in [0.5, 0.6) is 5.75 Å². The Morgan fingerprint density at radius 2 is 2.00 bits per heavy atom. The largest absolute Gasteiger partial charge is 0.486 e.